The fourth-order valence-corrected chi connectivity index (χ4v) is 1.65. The molecule has 1 aromatic heterocycles. The van der Waals surface area contributed by atoms with E-state index < -0.39 is 0 Å². The van der Waals surface area contributed by atoms with Crippen molar-refractivity contribution in [2.24, 2.45) is 0 Å². The van der Waals surface area contributed by atoms with Gasteiger partial charge < -0.3 is 9.97 Å². The van der Waals surface area contributed by atoms with Crippen molar-refractivity contribution in [2.75, 3.05) is 12.0 Å². The molecular weight excluding hydrogens is 176 g/mol. The van der Waals surface area contributed by atoms with Crippen LogP contribution in [0.1, 0.15) is 11.4 Å². The normalized spacial score (nSPS) is 10.4. The van der Waals surface area contributed by atoms with Crippen LogP contribution in [-0.4, -0.2) is 22.0 Å². The third-order valence-corrected chi connectivity index (χ3v) is 2.39. The van der Waals surface area contributed by atoms with Crippen molar-refractivity contribution in [3.05, 3.63) is 16.2 Å². The zero-order valence-corrected chi connectivity index (χ0v) is 8.36. The first-order valence-corrected chi connectivity index (χ1v) is 5.31. The summed E-state index contributed by atoms with van der Waals surface area (Å²) in [5.41, 5.74) is 2.41. The molecule has 4 heteroatoms. The predicted molar refractivity (Wildman–Crippen MR) is 52.8 cm³/mol. The van der Waals surface area contributed by atoms with Gasteiger partial charge in [0, 0.05) is 11.4 Å². The number of rotatable bonds is 3. The van der Waals surface area contributed by atoms with Crippen molar-refractivity contribution in [2.45, 2.75) is 13.3 Å². The molecule has 0 aliphatic rings. The molecule has 0 aliphatic carbocycles. The van der Waals surface area contributed by atoms with Gasteiger partial charge >= 0.3 is 0 Å². The fraction of sp³-hybridized carbons (Fsp3) is 0.571. The Kier molecular flexibility index (Phi) is 3.20. The van der Waals surface area contributed by atoms with Gasteiger partial charge in [0.15, 0.2) is 4.77 Å². The Morgan fingerprint density at radius 3 is 2.64 bits per heavy atom. The minimum Gasteiger partial charge on any atom is -0.335 e. The molecule has 0 spiro atoms. The zero-order valence-electron chi connectivity index (χ0n) is 6.73. The molecule has 0 aliphatic heterocycles. The zero-order chi connectivity index (χ0) is 8.27. The molecule has 2 nitrogen and oxygen atoms in total. The van der Waals surface area contributed by atoms with Gasteiger partial charge in [0.05, 0.1) is 0 Å². The van der Waals surface area contributed by atoms with Crippen molar-refractivity contribution >= 4 is 24.0 Å². The van der Waals surface area contributed by atoms with Gasteiger partial charge in [-0.25, -0.2) is 0 Å². The van der Waals surface area contributed by atoms with Crippen molar-refractivity contribution in [1.29, 1.82) is 0 Å². The third-order valence-electron chi connectivity index (χ3n) is 1.57. The summed E-state index contributed by atoms with van der Waals surface area (Å²) < 4.78 is 0.735. The summed E-state index contributed by atoms with van der Waals surface area (Å²) >= 11 is 6.80. The van der Waals surface area contributed by atoms with Crippen LogP contribution in [0.25, 0.3) is 0 Å². The second kappa shape index (κ2) is 3.97. The maximum atomic E-state index is 4.95. The minimum absolute atomic E-state index is 0.735. The predicted octanol–water partition coefficient (Wildman–Crippen LogP) is 2.29. The van der Waals surface area contributed by atoms with Crippen molar-refractivity contribution in [3.8, 4) is 0 Å². The number of aromatic nitrogens is 2. The van der Waals surface area contributed by atoms with Crippen LogP contribution in [0, 0.1) is 11.7 Å². The molecule has 0 unspecified atom stereocenters. The lowest BCUT2D eigenvalue weighted by molar-refractivity contribution is 1.05. The average molecular weight is 188 g/mol. The van der Waals surface area contributed by atoms with E-state index in [2.05, 4.69) is 16.2 Å². The van der Waals surface area contributed by atoms with Gasteiger partial charge in [-0.2, -0.15) is 11.8 Å². The number of imidazole rings is 1. The first-order valence-electron chi connectivity index (χ1n) is 3.50. The van der Waals surface area contributed by atoms with E-state index in [9.17, 15) is 0 Å². The van der Waals surface area contributed by atoms with E-state index in [1.807, 2.05) is 18.7 Å². The van der Waals surface area contributed by atoms with Crippen LogP contribution in [0.5, 0.6) is 0 Å². The Morgan fingerprint density at radius 2 is 2.18 bits per heavy atom. The molecule has 2 N–H and O–H groups in total. The van der Waals surface area contributed by atoms with Crippen LogP contribution in [0.2, 0.25) is 0 Å². The summed E-state index contributed by atoms with van der Waals surface area (Å²) in [6, 6.07) is 0. The summed E-state index contributed by atoms with van der Waals surface area (Å²) in [5.74, 6) is 1.14. The monoisotopic (exact) mass is 188 g/mol. The quantitative estimate of drug-likeness (QED) is 0.713. The van der Waals surface area contributed by atoms with Gasteiger partial charge in [-0.3, -0.25) is 0 Å². The first-order chi connectivity index (χ1) is 5.24. The topological polar surface area (TPSA) is 31.6 Å². The van der Waals surface area contributed by atoms with Crippen LogP contribution in [0.3, 0.4) is 0 Å². The summed E-state index contributed by atoms with van der Waals surface area (Å²) in [7, 11) is 0. The maximum absolute atomic E-state index is 4.95. The molecule has 0 atom stereocenters. The fourth-order valence-electron chi connectivity index (χ4n) is 0.962. The molecule has 0 aromatic carbocycles. The number of thioether (sulfide) groups is 1. The van der Waals surface area contributed by atoms with Crippen LogP contribution < -0.4 is 0 Å². The Morgan fingerprint density at radius 1 is 1.45 bits per heavy atom. The van der Waals surface area contributed by atoms with Crippen molar-refractivity contribution in [3.63, 3.8) is 0 Å². The Labute approximate surface area is 75.8 Å². The van der Waals surface area contributed by atoms with E-state index in [4.69, 9.17) is 12.2 Å². The Balaban J connectivity index is 2.69. The highest BCUT2D eigenvalue weighted by molar-refractivity contribution is 7.98. The highest BCUT2D eigenvalue weighted by Crippen LogP contribution is 2.05. The number of hydrogen-bond acceptors (Lipinski definition) is 2. The smallest absolute Gasteiger partial charge is 0.174 e. The molecule has 0 saturated carbocycles. The van der Waals surface area contributed by atoms with Gasteiger partial charge in [-0.05, 0) is 37.6 Å². The molecule has 0 fully saturated rings. The summed E-state index contributed by atoms with van der Waals surface area (Å²) in [6.45, 7) is 2.04. The second-order valence-corrected chi connectivity index (χ2v) is 3.82. The molecule has 1 rings (SSSR count). The summed E-state index contributed by atoms with van der Waals surface area (Å²) in [6.07, 6.45) is 3.18. The summed E-state index contributed by atoms with van der Waals surface area (Å²) in [5, 5.41) is 0. The largest absolute Gasteiger partial charge is 0.335 e. The van der Waals surface area contributed by atoms with E-state index in [0.29, 0.717) is 0 Å². The van der Waals surface area contributed by atoms with E-state index in [1.165, 1.54) is 11.4 Å². The molecule has 11 heavy (non-hydrogen) atoms. The minimum atomic E-state index is 0.735. The molecule has 0 bridgehead atoms. The molecule has 62 valence electrons. The van der Waals surface area contributed by atoms with Crippen molar-refractivity contribution in [1.82, 2.24) is 9.97 Å². The van der Waals surface area contributed by atoms with Gasteiger partial charge in [0.2, 0.25) is 0 Å². The molecule has 1 aromatic rings. The second-order valence-electron chi connectivity index (χ2n) is 2.43. The molecule has 0 saturated heterocycles. The van der Waals surface area contributed by atoms with Crippen LogP contribution in [0.15, 0.2) is 0 Å². The van der Waals surface area contributed by atoms with E-state index >= 15 is 0 Å². The molecule has 1 heterocycles. The maximum Gasteiger partial charge on any atom is 0.174 e. The number of nitrogens with one attached hydrogen (secondary N) is 2. The van der Waals surface area contributed by atoms with Gasteiger partial charge in [0.1, 0.15) is 0 Å². The standard InChI is InChI=1S/C7H12N2S2/c1-5-6(3-4-11-2)9-7(10)8-5/h3-4H2,1-2H3,(H2,8,9,10). The average Bonchev–Trinajstić information content (AvgIpc) is 2.26. The number of aryl methyl sites for hydroxylation is 2. The highest BCUT2D eigenvalue weighted by Gasteiger charge is 1.98. The Bertz CT molecular complexity index is 274. The van der Waals surface area contributed by atoms with Crippen LogP contribution >= 0.6 is 24.0 Å². The highest BCUT2D eigenvalue weighted by atomic mass is 32.2. The first kappa shape index (κ1) is 8.87. The van der Waals surface area contributed by atoms with Gasteiger partial charge in [-0.15, -0.1) is 0 Å². The number of H-pyrrole nitrogens is 2. The Hall–Kier alpha value is -0.220. The number of aromatic amines is 2. The van der Waals surface area contributed by atoms with Gasteiger partial charge in [0.25, 0.3) is 0 Å². The van der Waals surface area contributed by atoms with Crippen LogP contribution in [-0.2, 0) is 6.42 Å². The van der Waals surface area contributed by atoms with E-state index in [0.717, 1.165) is 16.9 Å². The van der Waals surface area contributed by atoms with Gasteiger partial charge in [-0.1, -0.05) is 0 Å². The van der Waals surface area contributed by atoms with Crippen LogP contribution in [0.4, 0.5) is 0 Å². The van der Waals surface area contributed by atoms with Crippen molar-refractivity contribution < 1.29 is 0 Å². The van der Waals surface area contributed by atoms with E-state index in [-0.39, 0.29) is 0 Å². The summed E-state index contributed by atoms with van der Waals surface area (Å²) in [4.78, 5) is 6.19. The lowest BCUT2D eigenvalue weighted by Crippen LogP contribution is -1.90. The third kappa shape index (κ3) is 2.38. The molecule has 0 radical (unpaired) electrons. The number of hydrogen-bond donors (Lipinski definition) is 2. The SMILES string of the molecule is CSCCc1[nH]c(=S)[nH]c1C. The molecule has 0 amide bonds. The molecular formula is C7H12N2S2. The lowest BCUT2D eigenvalue weighted by atomic mass is 10.3. The lowest BCUT2D eigenvalue weighted by Gasteiger charge is -1.95. The van der Waals surface area contributed by atoms with E-state index in [1.54, 1.807) is 0 Å².